The van der Waals surface area contributed by atoms with Crippen LogP contribution in [0, 0.1) is 0 Å². The summed E-state index contributed by atoms with van der Waals surface area (Å²) in [5.74, 6) is 1.02. The van der Waals surface area contributed by atoms with Crippen molar-refractivity contribution in [3.63, 3.8) is 0 Å². The summed E-state index contributed by atoms with van der Waals surface area (Å²) in [6.45, 7) is 0. The highest BCUT2D eigenvalue weighted by Crippen LogP contribution is 2.29. The van der Waals surface area contributed by atoms with Crippen LogP contribution in [0.25, 0.3) is 10.9 Å². The Morgan fingerprint density at radius 3 is 3.00 bits per heavy atom. The first-order valence-corrected chi connectivity index (χ1v) is 5.78. The largest absolute Gasteiger partial charge is 0.497 e. The molecule has 86 valence electrons. The zero-order valence-electron chi connectivity index (χ0n) is 9.69. The van der Waals surface area contributed by atoms with Gasteiger partial charge >= 0.3 is 0 Å². The number of ketones is 1. The molecule has 1 heterocycles. The molecule has 0 bridgehead atoms. The van der Waals surface area contributed by atoms with Crippen molar-refractivity contribution in [3.05, 3.63) is 35.5 Å². The molecule has 3 heteroatoms. The van der Waals surface area contributed by atoms with E-state index in [-0.39, 0.29) is 5.78 Å². The molecule has 1 aliphatic rings. The van der Waals surface area contributed by atoms with Gasteiger partial charge in [0, 0.05) is 29.6 Å². The second-order valence-electron chi connectivity index (χ2n) is 4.31. The highest BCUT2D eigenvalue weighted by molar-refractivity contribution is 6.02. The number of aromatic nitrogens is 1. The summed E-state index contributed by atoms with van der Waals surface area (Å²) in [7, 11) is 1.64. The second-order valence-corrected chi connectivity index (χ2v) is 4.31. The van der Waals surface area contributed by atoms with Crippen LogP contribution < -0.4 is 4.74 Å². The quantitative estimate of drug-likeness (QED) is 0.752. The summed E-state index contributed by atoms with van der Waals surface area (Å²) >= 11 is 0. The Labute approximate surface area is 99.4 Å². The molecule has 3 rings (SSSR count). The van der Waals surface area contributed by atoms with Gasteiger partial charge in [0.1, 0.15) is 5.75 Å². The lowest BCUT2D eigenvalue weighted by atomic mass is 9.89. The van der Waals surface area contributed by atoms with Crippen LogP contribution in [-0.2, 0) is 6.42 Å². The summed E-state index contributed by atoms with van der Waals surface area (Å²) in [5.41, 5.74) is 2.85. The van der Waals surface area contributed by atoms with Crippen LogP contribution in [-0.4, -0.2) is 17.9 Å². The average Bonchev–Trinajstić information content (AvgIpc) is 2.38. The van der Waals surface area contributed by atoms with Crippen LogP contribution in [0.15, 0.2) is 24.4 Å². The van der Waals surface area contributed by atoms with Crippen molar-refractivity contribution in [2.24, 2.45) is 0 Å². The van der Waals surface area contributed by atoms with Crippen LogP contribution >= 0.6 is 0 Å². The number of hydrogen-bond acceptors (Lipinski definition) is 3. The molecule has 0 saturated carbocycles. The highest BCUT2D eigenvalue weighted by atomic mass is 16.5. The number of benzene rings is 1. The van der Waals surface area contributed by atoms with Crippen molar-refractivity contribution in [2.45, 2.75) is 19.3 Å². The smallest absolute Gasteiger partial charge is 0.164 e. The zero-order chi connectivity index (χ0) is 11.8. The number of ether oxygens (including phenoxy) is 1. The van der Waals surface area contributed by atoms with Crippen molar-refractivity contribution >= 4 is 16.7 Å². The van der Waals surface area contributed by atoms with Gasteiger partial charge in [-0.15, -0.1) is 0 Å². The van der Waals surface area contributed by atoms with Crippen LogP contribution in [0.3, 0.4) is 0 Å². The summed E-state index contributed by atoms with van der Waals surface area (Å²) in [5, 5.41) is 1.08. The maximum atomic E-state index is 11.8. The van der Waals surface area contributed by atoms with Gasteiger partial charge in [0.15, 0.2) is 5.78 Å². The van der Waals surface area contributed by atoms with Crippen molar-refractivity contribution in [3.8, 4) is 5.75 Å². The van der Waals surface area contributed by atoms with E-state index in [1.807, 2.05) is 18.2 Å². The van der Waals surface area contributed by atoms with Gasteiger partial charge in [-0.2, -0.15) is 0 Å². The van der Waals surface area contributed by atoms with Crippen LogP contribution in [0.2, 0.25) is 0 Å². The molecular formula is C14H13NO2. The number of aryl methyl sites for hydroxylation is 1. The molecule has 0 aliphatic heterocycles. The van der Waals surface area contributed by atoms with Crippen molar-refractivity contribution in [2.75, 3.05) is 7.11 Å². The van der Waals surface area contributed by atoms with Gasteiger partial charge in [-0.05, 0) is 30.5 Å². The fourth-order valence-corrected chi connectivity index (χ4v) is 2.43. The molecule has 1 aliphatic carbocycles. The standard InChI is InChI=1S/C14H13NO2/c1-17-9-5-6-11-10-3-2-4-14(16)12(10)8-15-13(11)7-9/h5-8H,2-4H2,1H3. The minimum Gasteiger partial charge on any atom is -0.497 e. The van der Waals surface area contributed by atoms with E-state index in [0.717, 1.165) is 40.6 Å². The third kappa shape index (κ3) is 1.58. The maximum absolute atomic E-state index is 11.8. The SMILES string of the molecule is COc1ccc2c3c(cnc2c1)C(=O)CCC3. The van der Waals surface area contributed by atoms with E-state index >= 15 is 0 Å². The number of methoxy groups -OCH3 is 1. The lowest BCUT2D eigenvalue weighted by molar-refractivity contribution is 0.0972. The predicted octanol–water partition coefficient (Wildman–Crippen LogP) is 2.76. The van der Waals surface area contributed by atoms with Gasteiger partial charge in [0.25, 0.3) is 0 Å². The molecule has 0 saturated heterocycles. The Hall–Kier alpha value is -1.90. The predicted molar refractivity (Wildman–Crippen MR) is 65.6 cm³/mol. The molecule has 0 amide bonds. The van der Waals surface area contributed by atoms with E-state index in [9.17, 15) is 4.79 Å². The van der Waals surface area contributed by atoms with Crippen LogP contribution in [0.4, 0.5) is 0 Å². The Morgan fingerprint density at radius 1 is 1.29 bits per heavy atom. The molecule has 0 radical (unpaired) electrons. The molecule has 0 atom stereocenters. The first kappa shape index (κ1) is 10.3. The van der Waals surface area contributed by atoms with Crippen LogP contribution in [0.5, 0.6) is 5.75 Å². The zero-order valence-corrected chi connectivity index (χ0v) is 9.69. The molecule has 1 aromatic carbocycles. The van der Waals surface area contributed by atoms with Gasteiger partial charge < -0.3 is 4.74 Å². The van der Waals surface area contributed by atoms with E-state index in [1.54, 1.807) is 13.3 Å². The maximum Gasteiger partial charge on any atom is 0.164 e. The first-order valence-electron chi connectivity index (χ1n) is 5.78. The van der Waals surface area contributed by atoms with Crippen molar-refractivity contribution in [1.82, 2.24) is 4.98 Å². The van der Waals surface area contributed by atoms with Gasteiger partial charge in [-0.1, -0.05) is 0 Å². The van der Waals surface area contributed by atoms with E-state index in [4.69, 9.17) is 4.74 Å². The first-order chi connectivity index (χ1) is 8.29. The van der Waals surface area contributed by atoms with E-state index < -0.39 is 0 Å². The van der Waals surface area contributed by atoms with E-state index in [2.05, 4.69) is 4.98 Å². The lowest BCUT2D eigenvalue weighted by Crippen LogP contribution is -2.11. The molecule has 17 heavy (non-hydrogen) atoms. The Balaban J connectivity index is 2.27. The molecule has 0 fully saturated rings. The monoisotopic (exact) mass is 227 g/mol. The highest BCUT2D eigenvalue weighted by Gasteiger charge is 2.19. The van der Waals surface area contributed by atoms with Gasteiger partial charge in [0.05, 0.1) is 12.6 Å². The third-order valence-electron chi connectivity index (χ3n) is 3.32. The summed E-state index contributed by atoms with van der Waals surface area (Å²) in [6.07, 6.45) is 4.26. The lowest BCUT2D eigenvalue weighted by Gasteiger charge is -2.16. The number of rotatable bonds is 1. The summed E-state index contributed by atoms with van der Waals surface area (Å²) in [6, 6.07) is 5.83. The summed E-state index contributed by atoms with van der Waals surface area (Å²) in [4.78, 5) is 16.1. The normalized spacial score (nSPS) is 14.8. The van der Waals surface area contributed by atoms with E-state index in [1.165, 1.54) is 0 Å². The number of fused-ring (bicyclic) bond motifs is 3. The van der Waals surface area contributed by atoms with Gasteiger partial charge in [0.2, 0.25) is 0 Å². The molecule has 0 spiro atoms. The molecule has 2 aromatic rings. The third-order valence-corrected chi connectivity index (χ3v) is 3.32. The fourth-order valence-electron chi connectivity index (χ4n) is 2.43. The minimum atomic E-state index is 0.219. The number of carbonyl (C=O) groups excluding carboxylic acids is 1. The Kier molecular flexibility index (Phi) is 2.32. The van der Waals surface area contributed by atoms with Crippen LogP contribution in [0.1, 0.15) is 28.8 Å². The number of carbonyl (C=O) groups is 1. The minimum absolute atomic E-state index is 0.219. The number of pyridine rings is 1. The Bertz CT molecular complexity index is 604. The van der Waals surface area contributed by atoms with Crippen molar-refractivity contribution in [1.29, 1.82) is 0 Å². The molecular weight excluding hydrogens is 214 g/mol. The second kappa shape index (κ2) is 3.84. The Morgan fingerprint density at radius 2 is 2.18 bits per heavy atom. The number of Topliss-reactive ketones (excluding diaryl/α,β-unsaturated/α-hetero) is 1. The number of hydrogen-bond donors (Lipinski definition) is 0. The van der Waals surface area contributed by atoms with Gasteiger partial charge in [-0.3, -0.25) is 9.78 Å². The topological polar surface area (TPSA) is 39.2 Å². The molecule has 3 nitrogen and oxygen atoms in total. The molecule has 1 aromatic heterocycles. The average molecular weight is 227 g/mol. The fraction of sp³-hybridized carbons (Fsp3) is 0.286. The molecule has 0 N–H and O–H groups in total. The van der Waals surface area contributed by atoms with E-state index in [0.29, 0.717) is 6.42 Å². The van der Waals surface area contributed by atoms with Gasteiger partial charge in [-0.25, -0.2) is 0 Å². The molecule has 0 unspecified atom stereocenters. The number of nitrogens with zero attached hydrogens (tertiary/aromatic N) is 1. The summed E-state index contributed by atoms with van der Waals surface area (Å²) < 4.78 is 5.18. The van der Waals surface area contributed by atoms with Crippen molar-refractivity contribution < 1.29 is 9.53 Å².